The fourth-order valence-electron chi connectivity index (χ4n) is 0.711. The minimum atomic E-state index is -0.950. The van der Waals surface area contributed by atoms with E-state index in [-0.39, 0.29) is 5.24 Å². The number of amides is 1. The number of carbonyl (C=O) groups is 2. The second-order valence-electron chi connectivity index (χ2n) is 1.96. The Morgan fingerprint density at radius 2 is 2.50 bits per heavy atom. The molecule has 1 atom stereocenters. The number of carboxylic acids is 1. The molecule has 56 valence electrons. The van der Waals surface area contributed by atoms with Crippen LogP contribution in [-0.2, 0) is 4.79 Å². The van der Waals surface area contributed by atoms with Crippen LogP contribution in [0.25, 0.3) is 0 Å². The summed E-state index contributed by atoms with van der Waals surface area (Å²) in [7, 11) is 0. The summed E-state index contributed by atoms with van der Waals surface area (Å²) in [4.78, 5) is 20.8. The lowest BCUT2D eigenvalue weighted by molar-refractivity contribution is -0.139. The third-order valence-electron chi connectivity index (χ3n) is 1.23. The molecule has 0 radical (unpaired) electrons. The number of nitrogens with one attached hydrogen (secondary N) is 1. The van der Waals surface area contributed by atoms with Crippen LogP contribution in [0.5, 0.6) is 0 Å². The van der Waals surface area contributed by atoms with Gasteiger partial charge in [0.05, 0.1) is 0 Å². The molecule has 1 rings (SSSR count). The van der Waals surface area contributed by atoms with E-state index in [0.717, 1.165) is 11.8 Å². The zero-order valence-electron chi connectivity index (χ0n) is 5.16. The molecule has 1 aliphatic rings. The van der Waals surface area contributed by atoms with Crippen molar-refractivity contribution in [3.05, 3.63) is 0 Å². The summed E-state index contributed by atoms with van der Waals surface area (Å²) in [5.74, 6) is -0.350. The van der Waals surface area contributed by atoms with Crippen molar-refractivity contribution in [2.24, 2.45) is 0 Å². The minimum Gasteiger partial charge on any atom is -0.480 e. The zero-order chi connectivity index (χ0) is 7.56. The molecule has 0 saturated carbocycles. The van der Waals surface area contributed by atoms with Crippen LogP contribution in [0, 0.1) is 0 Å². The molecule has 4 nitrogen and oxygen atoms in total. The van der Waals surface area contributed by atoms with E-state index in [0.29, 0.717) is 12.2 Å². The van der Waals surface area contributed by atoms with E-state index in [1.165, 1.54) is 0 Å². The molecule has 5 heteroatoms. The lowest BCUT2D eigenvalue weighted by Gasteiger charge is -2.17. The van der Waals surface area contributed by atoms with Crippen LogP contribution in [0.2, 0.25) is 0 Å². The van der Waals surface area contributed by atoms with Gasteiger partial charge in [0.25, 0.3) is 5.24 Å². The maximum absolute atomic E-state index is 10.6. The van der Waals surface area contributed by atoms with E-state index in [9.17, 15) is 9.59 Å². The van der Waals surface area contributed by atoms with Crippen LogP contribution in [0.4, 0.5) is 4.79 Å². The first kappa shape index (κ1) is 7.40. The van der Waals surface area contributed by atoms with Crippen molar-refractivity contribution in [2.45, 2.75) is 12.5 Å². The van der Waals surface area contributed by atoms with Gasteiger partial charge in [-0.15, -0.1) is 0 Å². The van der Waals surface area contributed by atoms with Gasteiger partial charge in [-0.3, -0.25) is 4.79 Å². The quantitative estimate of drug-likeness (QED) is 0.580. The monoisotopic (exact) mass is 161 g/mol. The minimum absolute atomic E-state index is 0.237. The van der Waals surface area contributed by atoms with Crippen LogP contribution in [0.1, 0.15) is 6.42 Å². The Morgan fingerprint density at radius 3 is 2.90 bits per heavy atom. The zero-order valence-corrected chi connectivity index (χ0v) is 5.98. The third-order valence-corrected chi connectivity index (χ3v) is 2.05. The van der Waals surface area contributed by atoms with Gasteiger partial charge in [0.1, 0.15) is 6.04 Å². The Morgan fingerprint density at radius 1 is 1.80 bits per heavy atom. The highest BCUT2D eigenvalue weighted by Crippen LogP contribution is 2.12. The molecule has 0 aromatic heterocycles. The second-order valence-corrected chi connectivity index (χ2v) is 3.03. The summed E-state index contributed by atoms with van der Waals surface area (Å²) in [6.45, 7) is 0. The first-order valence-corrected chi connectivity index (χ1v) is 3.85. The molecule has 0 unspecified atom stereocenters. The molecule has 0 aromatic rings. The van der Waals surface area contributed by atoms with Gasteiger partial charge in [0.2, 0.25) is 0 Å². The van der Waals surface area contributed by atoms with Gasteiger partial charge in [-0.1, -0.05) is 11.8 Å². The lowest BCUT2D eigenvalue weighted by Crippen LogP contribution is -2.42. The third kappa shape index (κ3) is 1.63. The highest BCUT2D eigenvalue weighted by atomic mass is 32.2. The Kier molecular flexibility index (Phi) is 2.16. The molecule has 0 bridgehead atoms. The Bertz CT molecular complexity index is 168. The molecule has 0 spiro atoms. The number of hydrogen-bond acceptors (Lipinski definition) is 3. The topological polar surface area (TPSA) is 66.4 Å². The van der Waals surface area contributed by atoms with Gasteiger partial charge < -0.3 is 10.4 Å². The normalized spacial score (nSPS) is 25.6. The second kappa shape index (κ2) is 2.92. The Hall–Kier alpha value is -0.710. The summed E-state index contributed by atoms with van der Waals surface area (Å²) in [6, 6.07) is -0.672. The molecule has 0 aromatic carbocycles. The standard InChI is InChI=1S/C5H7NO3S/c7-4(8)3-1-2-10-5(9)6-3/h3H,1-2H2,(H,6,9)(H,7,8)/t3-/m0/s1. The fourth-order valence-corrected chi connectivity index (χ4v) is 1.48. The maximum Gasteiger partial charge on any atom is 0.326 e. The smallest absolute Gasteiger partial charge is 0.326 e. The SMILES string of the molecule is O=C1N[C@H](C(=O)O)CCS1. The molecule has 0 aliphatic carbocycles. The molecule has 1 heterocycles. The van der Waals surface area contributed by atoms with Crippen molar-refractivity contribution < 1.29 is 14.7 Å². The Labute approximate surface area is 62.0 Å². The fraction of sp³-hybridized carbons (Fsp3) is 0.600. The average molecular weight is 161 g/mol. The van der Waals surface area contributed by atoms with Gasteiger partial charge in [0, 0.05) is 5.75 Å². The number of hydrogen-bond donors (Lipinski definition) is 2. The molecular weight excluding hydrogens is 154 g/mol. The summed E-state index contributed by atoms with van der Waals surface area (Å²) < 4.78 is 0. The van der Waals surface area contributed by atoms with Crippen LogP contribution >= 0.6 is 11.8 Å². The molecule has 1 fully saturated rings. The van der Waals surface area contributed by atoms with Gasteiger partial charge in [0.15, 0.2) is 0 Å². The molecule has 2 N–H and O–H groups in total. The van der Waals surface area contributed by atoms with Crippen molar-refractivity contribution >= 4 is 23.0 Å². The van der Waals surface area contributed by atoms with Gasteiger partial charge >= 0.3 is 5.97 Å². The van der Waals surface area contributed by atoms with Crippen molar-refractivity contribution in [3.8, 4) is 0 Å². The number of thioether (sulfide) groups is 1. The van der Waals surface area contributed by atoms with E-state index < -0.39 is 12.0 Å². The lowest BCUT2D eigenvalue weighted by atomic mass is 10.2. The van der Waals surface area contributed by atoms with Crippen molar-refractivity contribution in [2.75, 3.05) is 5.75 Å². The largest absolute Gasteiger partial charge is 0.480 e. The van der Waals surface area contributed by atoms with Crippen LogP contribution < -0.4 is 5.32 Å². The number of carbonyl (C=O) groups excluding carboxylic acids is 1. The van der Waals surface area contributed by atoms with Crippen LogP contribution in [-0.4, -0.2) is 28.1 Å². The Balaban J connectivity index is 2.47. The summed E-state index contributed by atoms with van der Waals surface area (Å²) in [5, 5.41) is 10.5. The van der Waals surface area contributed by atoms with Gasteiger partial charge in [-0.2, -0.15) is 0 Å². The average Bonchev–Trinajstić information content (AvgIpc) is 1.88. The highest BCUT2D eigenvalue weighted by molar-refractivity contribution is 8.13. The van der Waals surface area contributed by atoms with Crippen molar-refractivity contribution in [3.63, 3.8) is 0 Å². The molecule has 1 amide bonds. The van der Waals surface area contributed by atoms with E-state index in [2.05, 4.69) is 5.32 Å². The van der Waals surface area contributed by atoms with Gasteiger partial charge in [-0.05, 0) is 6.42 Å². The maximum atomic E-state index is 10.6. The molecule has 1 aliphatic heterocycles. The predicted octanol–water partition coefficient (Wildman–Crippen LogP) is 0.286. The van der Waals surface area contributed by atoms with Crippen molar-refractivity contribution in [1.29, 1.82) is 0 Å². The molecule has 10 heavy (non-hydrogen) atoms. The van der Waals surface area contributed by atoms with E-state index >= 15 is 0 Å². The summed E-state index contributed by atoms with van der Waals surface area (Å²) in [5.41, 5.74) is 0. The molecule has 1 saturated heterocycles. The van der Waals surface area contributed by atoms with E-state index in [1.807, 2.05) is 0 Å². The van der Waals surface area contributed by atoms with E-state index in [4.69, 9.17) is 5.11 Å². The number of rotatable bonds is 1. The van der Waals surface area contributed by atoms with Crippen molar-refractivity contribution in [1.82, 2.24) is 5.32 Å². The van der Waals surface area contributed by atoms with Crippen LogP contribution in [0.3, 0.4) is 0 Å². The highest BCUT2D eigenvalue weighted by Gasteiger charge is 2.23. The van der Waals surface area contributed by atoms with E-state index in [1.54, 1.807) is 0 Å². The predicted molar refractivity (Wildman–Crippen MR) is 37.0 cm³/mol. The van der Waals surface area contributed by atoms with Crippen LogP contribution in [0.15, 0.2) is 0 Å². The molecular formula is C5H7NO3S. The first-order valence-electron chi connectivity index (χ1n) is 2.86. The number of aliphatic carboxylic acids is 1. The first-order chi connectivity index (χ1) is 4.70. The summed E-state index contributed by atoms with van der Waals surface area (Å²) >= 11 is 1.13. The van der Waals surface area contributed by atoms with Gasteiger partial charge in [-0.25, -0.2) is 4.79 Å². The summed E-state index contributed by atoms with van der Waals surface area (Å²) in [6.07, 6.45) is 0.520. The number of carboxylic acid groups (broad SMARTS) is 1.